The third-order valence-electron chi connectivity index (χ3n) is 7.07. The molecule has 1 saturated heterocycles. The standard InChI is InChI=1S/C27H33NO3/c1-19-5-8-24(18-29)26(15-19)28-13-11-20(12-14-28)6-7-21-3-2-4-23(16-21)25(17-27(30)31)22-9-10-22/h2-5,8,15-16,18,20,22,25H,6-7,9-14,17H2,1H3,(H,30,31). The van der Waals surface area contributed by atoms with Gasteiger partial charge in [-0.3, -0.25) is 9.59 Å². The summed E-state index contributed by atoms with van der Waals surface area (Å²) in [5, 5.41) is 9.29. The highest BCUT2D eigenvalue weighted by atomic mass is 16.4. The van der Waals surface area contributed by atoms with Crippen LogP contribution in [0.1, 0.15) is 71.5 Å². The number of nitrogens with zero attached hydrogens (tertiary/aromatic N) is 1. The molecule has 1 heterocycles. The molecule has 4 heteroatoms. The van der Waals surface area contributed by atoms with Crippen LogP contribution in [0.2, 0.25) is 0 Å². The monoisotopic (exact) mass is 419 g/mol. The predicted octanol–water partition coefficient (Wildman–Crippen LogP) is 5.63. The van der Waals surface area contributed by atoms with Gasteiger partial charge in [0.25, 0.3) is 0 Å². The third kappa shape index (κ3) is 5.55. The number of piperidine rings is 1. The summed E-state index contributed by atoms with van der Waals surface area (Å²) in [5.41, 5.74) is 5.59. The van der Waals surface area contributed by atoms with Crippen molar-refractivity contribution in [2.75, 3.05) is 18.0 Å². The van der Waals surface area contributed by atoms with Gasteiger partial charge in [-0.2, -0.15) is 0 Å². The van der Waals surface area contributed by atoms with Crippen molar-refractivity contribution in [3.63, 3.8) is 0 Å². The Morgan fingerprint density at radius 1 is 1.13 bits per heavy atom. The molecule has 2 aliphatic rings. The summed E-state index contributed by atoms with van der Waals surface area (Å²) < 4.78 is 0. The first-order valence-electron chi connectivity index (χ1n) is 11.6. The van der Waals surface area contributed by atoms with E-state index in [4.69, 9.17) is 0 Å². The van der Waals surface area contributed by atoms with Crippen LogP contribution < -0.4 is 4.90 Å². The number of aryl methyl sites for hydroxylation is 2. The van der Waals surface area contributed by atoms with Gasteiger partial charge in [0.1, 0.15) is 0 Å². The Kier molecular flexibility index (Phi) is 6.74. The molecule has 0 amide bonds. The molecule has 1 N–H and O–H groups in total. The Morgan fingerprint density at radius 3 is 2.58 bits per heavy atom. The Balaban J connectivity index is 1.32. The lowest BCUT2D eigenvalue weighted by Gasteiger charge is -2.34. The Morgan fingerprint density at radius 2 is 1.90 bits per heavy atom. The topological polar surface area (TPSA) is 57.6 Å². The number of carbonyl (C=O) groups is 2. The normalized spacial score (nSPS) is 18.0. The average Bonchev–Trinajstić information content (AvgIpc) is 3.62. The van der Waals surface area contributed by atoms with Crippen molar-refractivity contribution < 1.29 is 14.7 Å². The number of anilines is 1. The molecule has 31 heavy (non-hydrogen) atoms. The van der Waals surface area contributed by atoms with Crippen molar-refractivity contribution >= 4 is 17.9 Å². The summed E-state index contributed by atoms with van der Waals surface area (Å²) >= 11 is 0. The van der Waals surface area contributed by atoms with Crippen LogP contribution in [0.3, 0.4) is 0 Å². The summed E-state index contributed by atoms with van der Waals surface area (Å²) in [6.45, 7) is 4.07. The fourth-order valence-electron chi connectivity index (χ4n) is 5.08. The van der Waals surface area contributed by atoms with Gasteiger partial charge in [-0.15, -0.1) is 0 Å². The number of aldehydes is 1. The summed E-state index contributed by atoms with van der Waals surface area (Å²) in [7, 11) is 0. The zero-order valence-corrected chi connectivity index (χ0v) is 18.4. The van der Waals surface area contributed by atoms with Gasteiger partial charge >= 0.3 is 5.97 Å². The highest BCUT2D eigenvalue weighted by molar-refractivity contribution is 5.85. The van der Waals surface area contributed by atoms with Crippen LogP contribution in [0.4, 0.5) is 5.69 Å². The Labute approximate surface area is 185 Å². The summed E-state index contributed by atoms with van der Waals surface area (Å²) in [6, 6.07) is 14.7. The van der Waals surface area contributed by atoms with Crippen molar-refractivity contribution in [1.29, 1.82) is 0 Å². The van der Waals surface area contributed by atoms with Crippen LogP contribution in [-0.4, -0.2) is 30.5 Å². The van der Waals surface area contributed by atoms with E-state index < -0.39 is 5.97 Å². The minimum absolute atomic E-state index is 0.169. The lowest BCUT2D eigenvalue weighted by atomic mass is 9.87. The maximum absolute atomic E-state index is 11.4. The first-order valence-corrected chi connectivity index (χ1v) is 11.6. The lowest BCUT2D eigenvalue weighted by Crippen LogP contribution is -2.34. The van der Waals surface area contributed by atoms with E-state index in [1.807, 2.05) is 12.1 Å². The van der Waals surface area contributed by atoms with Crippen molar-refractivity contribution in [2.45, 2.75) is 57.8 Å². The molecular weight excluding hydrogens is 386 g/mol. The minimum atomic E-state index is -0.694. The first-order chi connectivity index (χ1) is 15.0. The van der Waals surface area contributed by atoms with Gasteiger partial charge in [0.15, 0.2) is 6.29 Å². The van der Waals surface area contributed by atoms with Crippen LogP contribution in [0.15, 0.2) is 42.5 Å². The second kappa shape index (κ2) is 9.67. The van der Waals surface area contributed by atoms with Crippen LogP contribution in [0, 0.1) is 18.8 Å². The Hall–Kier alpha value is -2.62. The highest BCUT2D eigenvalue weighted by Crippen LogP contribution is 2.44. The largest absolute Gasteiger partial charge is 0.481 e. The van der Waals surface area contributed by atoms with Crippen LogP contribution in [0.5, 0.6) is 0 Å². The zero-order chi connectivity index (χ0) is 21.8. The molecule has 0 bridgehead atoms. The van der Waals surface area contributed by atoms with Crippen LogP contribution in [-0.2, 0) is 11.2 Å². The number of carboxylic acid groups (broad SMARTS) is 1. The molecule has 1 unspecified atom stereocenters. The fraction of sp³-hybridized carbons (Fsp3) is 0.481. The van der Waals surface area contributed by atoms with E-state index in [0.29, 0.717) is 11.8 Å². The average molecular weight is 420 g/mol. The molecule has 0 aromatic heterocycles. The number of carboxylic acids is 1. The summed E-state index contributed by atoms with van der Waals surface area (Å²) in [6.07, 6.45) is 8.04. The molecule has 2 aromatic carbocycles. The van der Waals surface area contributed by atoms with E-state index in [1.165, 1.54) is 23.1 Å². The summed E-state index contributed by atoms with van der Waals surface area (Å²) in [4.78, 5) is 25.1. The fourth-order valence-corrected chi connectivity index (χ4v) is 5.08. The van der Waals surface area contributed by atoms with E-state index in [9.17, 15) is 14.7 Å². The molecule has 2 fully saturated rings. The molecule has 0 radical (unpaired) electrons. The number of hydrogen-bond acceptors (Lipinski definition) is 3. The van der Waals surface area contributed by atoms with Crippen molar-refractivity contribution in [3.05, 3.63) is 64.7 Å². The van der Waals surface area contributed by atoms with Crippen LogP contribution >= 0.6 is 0 Å². The molecule has 164 valence electrons. The SMILES string of the molecule is Cc1ccc(C=O)c(N2CCC(CCc3cccc(C(CC(=O)O)C4CC4)c3)CC2)c1. The molecule has 0 spiro atoms. The minimum Gasteiger partial charge on any atom is -0.481 e. The van der Waals surface area contributed by atoms with Crippen LogP contribution in [0.25, 0.3) is 0 Å². The maximum atomic E-state index is 11.4. The second-order valence-electron chi connectivity index (χ2n) is 9.44. The third-order valence-corrected chi connectivity index (χ3v) is 7.07. The molecular formula is C27H33NO3. The van der Waals surface area contributed by atoms with Gasteiger partial charge in [0.05, 0.1) is 6.42 Å². The predicted molar refractivity (Wildman–Crippen MR) is 124 cm³/mol. The Bertz CT molecular complexity index is 926. The van der Waals surface area contributed by atoms with Gasteiger partial charge in [-0.05, 0) is 92.0 Å². The number of aliphatic carboxylic acids is 1. The van der Waals surface area contributed by atoms with E-state index >= 15 is 0 Å². The number of hydrogen-bond donors (Lipinski definition) is 1. The summed E-state index contributed by atoms with van der Waals surface area (Å²) in [5.74, 6) is 0.721. The van der Waals surface area contributed by atoms with Gasteiger partial charge < -0.3 is 10.0 Å². The number of rotatable bonds is 9. The lowest BCUT2D eigenvalue weighted by molar-refractivity contribution is -0.137. The van der Waals surface area contributed by atoms with Gasteiger partial charge in [-0.1, -0.05) is 30.3 Å². The molecule has 4 nitrogen and oxygen atoms in total. The quantitative estimate of drug-likeness (QED) is 0.536. The van der Waals surface area contributed by atoms with E-state index in [2.05, 4.69) is 42.2 Å². The van der Waals surface area contributed by atoms with Crippen molar-refractivity contribution in [3.8, 4) is 0 Å². The van der Waals surface area contributed by atoms with E-state index in [-0.39, 0.29) is 12.3 Å². The molecule has 1 aliphatic carbocycles. The molecule has 4 rings (SSSR count). The number of benzene rings is 2. The highest BCUT2D eigenvalue weighted by Gasteiger charge is 2.33. The van der Waals surface area contributed by atoms with Gasteiger partial charge in [0, 0.05) is 24.3 Å². The molecule has 1 saturated carbocycles. The van der Waals surface area contributed by atoms with E-state index in [0.717, 1.165) is 62.7 Å². The zero-order valence-electron chi connectivity index (χ0n) is 18.4. The molecule has 2 aromatic rings. The van der Waals surface area contributed by atoms with Crippen molar-refractivity contribution in [2.24, 2.45) is 11.8 Å². The molecule has 1 atom stereocenters. The maximum Gasteiger partial charge on any atom is 0.303 e. The van der Waals surface area contributed by atoms with E-state index in [1.54, 1.807) is 0 Å². The number of carbonyl (C=O) groups excluding carboxylic acids is 1. The van der Waals surface area contributed by atoms with Gasteiger partial charge in [-0.25, -0.2) is 0 Å². The second-order valence-corrected chi connectivity index (χ2v) is 9.44. The van der Waals surface area contributed by atoms with Crippen molar-refractivity contribution in [1.82, 2.24) is 0 Å². The molecule has 1 aliphatic heterocycles. The smallest absolute Gasteiger partial charge is 0.303 e. The first kappa shape index (κ1) is 21.6. The van der Waals surface area contributed by atoms with Gasteiger partial charge in [0.2, 0.25) is 0 Å².